The molecule has 4 heterocycles. The van der Waals surface area contributed by atoms with Crippen LogP contribution < -0.4 is 9.57 Å². The van der Waals surface area contributed by atoms with Crippen LogP contribution in [-0.2, 0) is 4.74 Å². The van der Waals surface area contributed by atoms with Crippen LogP contribution in [0.4, 0.5) is 4.79 Å². The van der Waals surface area contributed by atoms with Gasteiger partial charge in [0.05, 0.1) is 0 Å². The van der Waals surface area contributed by atoms with Gasteiger partial charge in [-0.1, -0.05) is 0 Å². The van der Waals surface area contributed by atoms with Crippen molar-refractivity contribution in [2.75, 3.05) is 13.1 Å². The van der Waals surface area contributed by atoms with Gasteiger partial charge in [-0.05, 0) is 49.0 Å². The van der Waals surface area contributed by atoms with Gasteiger partial charge in [-0.25, -0.2) is 14.6 Å². The number of hydrogen-bond donors (Lipinski definition) is 0. The summed E-state index contributed by atoms with van der Waals surface area (Å²) in [6.07, 6.45) is 2.37. The first-order chi connectivity index (χ1) is 15.3. The number of rotatable bonds is 4. The lowest BCUT2D eigenvalue weighted by atomic mass is 10.1. The second kappa shape index (κ2) is 8.73. The summed E-state index contributed by atoms with van der Waals surface area (Å²) in [5.74, 6) is -0.475. The number of fused-ring (bicyclic) bond motifs is 1. The Balaban J connectivity index is 1.30. The third-order valence-electron chi connectivity index (χ3n) is 4.58. The molecule has 1 aliphatic rings. The third kappa shape index (κ3) is 5.07. The van der Waals surface area contributed by atoms with E-state index in [1.54, 1.807) is 29.3 Å². The first-order valence-electron chi connectivity index (χ1n) is 10.2. The van der Waals surface area contributed by atoms with Gasteiger partial charge in [0, 0.05) is 38.2 Å². The summed E-state index contributed by atoms with van der Waals surface area (Å²) in [5.41, 5.74) is 0.261. The van der Waals surface area contributed by atoms with E-state index >= 15 is 0 Å². The van der Waals surface area contributed by atoms with E-state index < -0.39 is 11.6 Å². The topological polar surface area (TPSA) is 134 Å². The number of ether oxygens (including phenoxy) is 2. The van der Waals surface area contributed by atoms with Crippen LogP contribution in [0.3, 0.4) is 0 Å². The van der Waals surface area contributed by atoms with E-state index in [1.165, 1.54) is 6.07 Å². The van der Waals surface area contributed by atoms with Gasteiger partial charge in [-0.2, -0.15) is 0 Å². The third-order valence-corrected chi connectivity index (χ3v) is 4.58. The number of carbonyl (C=O) groups is 2. The maximum absolute atomic E-state index is 12.3. The molecule has 0 saturated carbocycles. The molecule has 0 N–H and O–H groups in total. The number of piperidine rings is 1. The van der Waals surface area contributed by atoms with Gasteiger partial charge in [0.2, 0.25) is 11.5 Å². The molecule has 4 rings (SSSR count). The molecule has 1 amide bonds. The quantitative estimate of drug-likeness (QED) is 0.550. The number of carbonyl (C=O) groups excluding carboxylic acids is 2. The molecule has 0 aliphatic carbocycles. The SMILES string of the molecule is CC(C)(C)OC(=O)N1CCC(Oc2ccc(C(=O)On3nnc4cccnc43)nn2)CC1. The predicted octanol–water partition coefficient (Wildman–Crippen LogP) is 1.66. The smallest absolute Gasteiger partial charge is 0.410 e. The fourth-order valence-corrected chi connectivity index (χ4v) is 3.08. The Labute approximate surface area is 183 Å². The molecule has 12 heteroatoms. The van der Waals surface area contributed by atoms with Gasteiger partial charge < -0.3 is 19.2 Å². The Hall–Kier alpha value is -3.83. The largest absolute Gasteiger partial charge is 0.473 e. The Morgan fingerprint density at radius 1 is 1.06 bits per heavy atom. The van der Waals surface area contributed by atoms with Crippen LogP contribution in [0.2, 0.25) is 0 Å². The monoisotopic (exact) mass is 441 g/mol. The van der Waals surface area contributed by atoms with Crippen molar-refractivity contribution in [1.29, 1.82) is 0 Å². The molecule has 1 fully saturated rings. The zero-order chi connectivity index (χ0) is 22.7. The fourth-order valence-electron chi connectivity index (χ4n) is 3.08. The van der Waals surface area contributed by atoms with Crippen molar-refractivity contribution in [3.05, 3.63) is 36.2 Å². The molecule has 0 radical (unpaired) electrons. The van der Waals surface area contributed by atoms with Gasteiger partial charge in [0.1, 0.15) is 17.2 Å². The highest BCUT2D eigenvalue weighted by molar-refractivity contribution is 5.87. The van der Waals surface area contributed by atoms with Crippen molar-refractivity contribution in [3.8, 4) is 5.88 Å². The number of aromatic nitrogens is 6. The lowest BCUT2D eigenvalue weighted by Crippen LogP contribution is -2.44. The van der Waals surface area contributed by atoms with Gasteiger partial charge in [0.25, 0.3) is 0 Å². The molecule has 32 heavy (non-hydrogen) atoms. The molecule has 1 saturated heterocycles. The summed E-state index contributed by atoms with van der Waals surface area (Å²) >= 11 is 0. The Morgan fingerprint density at radius 2 is 1.84 bits per heavy atom. The van der Waals surface area contributed by atoms with Crippen LogP contribution in [0.25, 0.3) is 11.2 Å². The molecule has 0 bridgehead atoms. The minimum atomic E-state index is -0.757. The van der Waals surface area contributed by atoms with Crippen molar-refractivity contribution >= 4 is 23.2 Å². The van der Waals surface area contributed by atoms with Crippen LogP contribution in [0.1, 0.15) is 44.1 Å². The predicted molar refractivity (Wildman–Crippen MR) is 110 cm³/mol. The Kier molecular flexibility index (Phi) is 5.84. The van der Waals surface area contributed by atoms with Gasteiger partial charge in [-0.3, -0.25) is 0 Å². The Bertz CT molecular complexity index is 1100. The lowest BCUT2D eigenvalue weighted by molar-refractivity contribution is 0.0122. The normalized spacial score (nSPS) is 14.9. The van der Waals surface area contributed by atoms with Crippen LogP contribution >= 0.6 is 0 Å². The zero-order valence-corrected chi connectivity index (χ0v) is 18.0. The summed E-state index contributed by atoms with van der Waals surface area (Å²) in [5, 5.41) is 15.4. The molecular formula is C20H23N7O5. The summed E-state index contributed by atoms with van der Waals surface area (Å²) in [7, 11) is 0. The zero-order valence-electron chi connectivity index (χ0n) is 18.0. The molecule has 0 atom stereocenters. The number of amides is 1. The van der Waals surface area contributed by atoms with Gasteiger partial charge in [0.15, 0.2) is 5.69 Å². The van der Waals surface area contributed by atoms with Gasteiger partial charge in [-0.15, -0.1) is 15.3 Å². The number of likely N-dealkylation sites (tertiary alicyclic amines) is 1. The molecule has 0 spiro atoms. The second-order valence-corrected chi connectivity index (χ2v) is 8.23. The second-order valence-electron chi connectivity index (χ2n) is 8.23. The molecular weight excluding hydrogens is 418 g/mol. The van der Waals surface area contributed by atoms with E-state index in [0.717, 1.165) is 4.85 Å². The lowest BCUT2D eigenvalue weighted by Gasteiger charge is -2.33. The molecule has 12 nitrogen and oxygen atoms in total. The molecule has 3 aromatic rings. The van der Waals surface area contributed by atoms with Crippen LogP contribution in [0.15, 0.2) is 30.5 Å². The molecule has 0 unspecified atom stereocenters. The van der Waals surface area contributed by atoms with Crippen LogP contribution in [-0.4, -0.2) is 72.1 Å². The van der Waals surface area contributed by atoms with Crippen molar-refractivity contribution in [1.82, 2.24) is 35.2 Å². The van der Waals surface area contributed by atoms with E-state index in [9.17, 15) is 9.59 Å². The van der Waals surface area contributed by atoms with Gasteiger partial charge >= 0.3 is 12.1 Å². The minimum Gasteiger partial charge on any atom is -0.473 e. The fraction of sp³-hybridized carbons (Fsp3) is 0.450. The first-order valence-corrected chi connectivity index (χ1v) is 10.2. The first kappa shape index (κ1) is 21.4. The molecule has 1 aliphatic heterocycles. The van der Waals surface area contributed by atoms with E-state index in [-0.39, 0.29) is 23.8 Å². The van der Waals surface area contributed by atoms with Crippen molar-refractivity contribution < 1.29 is 23.9 Å². The van der Waals surface area contributed by atoms with E-state index in [1.807, 2.05) is 20.8 Å². The average Bonchev–Trinajstić information content (AvgIpc) is 3.16. The highest BCUT2D eigenvalue weighted by atomic mass is 16.7. The number of nitrogens with zero attached hydrogens (tertiary/aromatic N) is 7. The molecule has 0 aromatic carbocycles. The summed E-state index contributed by atoms with van der Waals surface area (Å²) in [4.78, 5) is 36.3. The maximum Gasteiger partial charge on any atom is 0.410 e. The number of pyridine rings is 1. The van der Waals surface area contributed by atoms with E-state index in [0.29, 0.717) is 37.1 Å². The summed E-state index contributed by atoms with van der Waals surface area (Å²) in [6, 6.07) is 6.40. The number of hydrogen-bond acceptors (Lipinski definition) is 10. The standard InChI is InChI=1S/C20H23N7O5/c1-20(2,3)31-19(29)26-11-8-13(9-12-26)30-16-7-6-15(22-24-16)18(28)32-27-17-14(23-25-27)5-4-10-21-17/h4-7,10,13H,8-9,11-12H2,1-3H3. The average molecular weight is 441 g/mol. The van der Waals surface area contributed by atoms with Crippen molar-refractivity contribution in [3.63, 3.8) is 0 Å². The van der Waals surface area contributed by atoms with Crippen molar-refractivity contribution in [2.24, 2.45) is 0 Å². The summed E-state index contributed by atoms with van der Waals surface area (Å²) < 4.78 is 11.2. The molecule has 3 aromatic heterocycles. The highest BCUT2D eigenvalue weighted by Crippen LogP contribution is 2.19. The Morgan fingerprint density at radius 3 is 2.53 bits per heavy atom. The van der Waals surface area contributed by atoms with Crippen molar-refractivity contribution in [2.45, 2.75) is 45.3 Å². The summed E-state index contributed by atoms with van der Waals surface area (Å²) in [6.45, 7) is 6.56. The van der Waals surface area contributed by atoms with E-state index in [4.69, 9.17) is 14.3 Å². The highest BCUT2D eigenvalue weighted by Gasteiger charge is 2.28. The molecule has 168 valence electrons. The minimum absolute atomic E-state index is 0.0170. The maximum atomic E-state index is 12.3. The van der Waals surface area contributed by atoms with E-state index in [2.05, 4.69) is 25.5 Å². The van der Waals surface area contributed by atoms with Crippen LogP contribution in [0.5, 0.6) is 5.88 Å². The van der Waals surface area contributed by atoms with Crippen LogP contribution in [0, 0.1) is 0 Å².